The van der Waals surface area contributed by atoms with E-state index in [4.69, 9.17) is 11.6 Å². The molecule has 2 aromatic rings. The lowest BCUT2D eigenvalue weighted by atomic mass is 9.76. The minimum Gasteiger partial charge on any atom is -0.390 e. The standard InChI is InChI=1S/C20H22ClN3O4S/c1-20(26)13-3-4-14(20)10-15(9-13)29(27,28)17-8-12(2-5-16(17)21)19(25)24-18-11-22-6-7-23-18/h2,5-8,11,13-15,26H,3-4,9-10H2,1H3,(H,23,24,25)/t13-,14?,15?,20?/m0/s1. The van der Waals surface area contributed by atoms with Gasteiger partial charge < -0.3 is 10.4 Å². The molecule has 1 heterocycles. The number of halogens is 1. The highest BCUT2D eigenvalue weighted by Gasteiger charge is 2.53. The number of nitrogens with one attached hydrogen (secondary N) is 1. The third kappa shape index (κ3) is 3.65. The molecule has 9 heteroatoms. The van der Waals surface area contributed by atoms with Crippen LogP contribution < -0.4 is 5.32 Å². The molecule has 2 fully saturated rings. The molecule has 2 aliphatic rings. The number of benzene rings is 1. The van der Waals surface area contributed by atoms with E-state index in [0.29, 0.717) is 12.8 Å². The Balaban J connectivity index is 1.61. The number of aromatic nitrogens is 2. The SMILES string of the molecule is CC1(O)C2CC[C@H]1CC(S(=O)(=O)c1cc(C(=O)Nc3cnccn3)ccc1Cl)C2. The van der Waals surface area contributed by atoms with Crippen LogP contribution in [0.15, 0.2) is 41.7 Å². The van der Waals surface area contributed by atoms with Gasteiger partial charge in [0.25, 0.3) is 5.91 Å². The Morgan fingerprint density at radius 2 is 1.93 bits per heavy atom. The number of fused-ring (bicyclic) bond motifs is 2. The van der Waals surface area contributed by atoms with E-state index in [1.54, 1.807) is 0 Å². The second-order valence-corrected chi connectivity index (χ2v) is 10.6. The van der Waals surface area contributed by atoms with Crippen LogP contribution in [-0.4, -0.2) is 40.3 Å². The summed E-state index contributed by atoms with van der Waals surface area (Å²) in [4.78, 5) is 20.3. The molecule has 2 saturated carbocycles. The first-order chi connectivity index (χ1) is 13.7. The van der Waals surface area contributed by atoms with Gasteiger partial charge in [-0.3, -0.25) is 9.78 Å². The minimum absolute atomic E-state index is 0.0389. The molecule has 29 heavy (non-hydrogen) atoms. The Kier molecular flexibility index (Phi) is 5.13. The normalized spacial score (nSPS) is 28.9. The molecule has 154 valence electrons. The first kappa shape index (κ1) is 20.3. The van der Waals surface area contributed by atoms with Crippen molar-refractivity contribution in [3.8, 4) is 0 Å². The number of hydrogen-bond donors (Lipinski definition) is 2. The van der Waals surface area contributed by atoms with Crippen molar-refractivity contribution in [2.75, 3.05) is 5.32 Å². The van der Waals surface area contributed by atoms with E-state index >= 15 is 0 Å². The van der Waals surface area contributed by atoms with E-state index in [9.17, 15) is 18.3 Å². The zero-order valence-electron chi connectivity index (χ0n) is 15.9. The maximum absolute atomic E-state index is 13.4. The number of amides is 1. The number of carbonyl (C=O) groups excluding carboxylic acids is 1. The van der Waals surface area contributed by atoms with E-state index in [2.05, 4.69) is 15.3 Å². The predicted molar refractivity (Wildman–Crippen MR) is 108 cm³/mol. The van der Waals surface area contributed by atoms with Crippen LogP contribution in [0.25, 0.3) is 0 Å². The van der Waals surface area contributed by atoms with Crippen molar-refractivity contribution in [1.29, 1.82) is 0 Å². The first-order valence-corrected chi connectivity index (χ1v) is 11.4. The number of carbonyl (C=O) groups is 1. The average molecular weight is 436 g/mol. The summed E-state index contributed by atoms with van der Waals surface area (Å²) in [6.07, 6.45) is 6.79. The molecule has 0 aliphatic heterocycles. The summed E-state index contributed by atoms with van der Waals surface area (Å²) in [5.41, 5.74) is -0.640. The largest absolute Gasteiger partial charge is 0.390 e. The lowest BCUT2D eigenvalue weighted by Crippen LogP contribution is -2.45. The highest BCUT2D eigenvalue weighted by molar-refractivity contribution is 7.92. The molecule has 4 rings (SSSR count). The van der Waals surface area contributed by atoms with Gasteiger partial charge in [-0.1, -0.05) is 11.6 Å². The fourth-order valence-corrected chi connectivity index (χ4v) is 7.01. The van der Waals surface area contributed by atoms with Crippen LogP contribution in [0.4, 0.5) is 5.82 Å². The predicted octanol–water partition coefficient (Wildman–Crippen LogP) is 3.10. The van der Waals surface area contributed by atoms with Gasteiger partial charge in [-0.25, -0.2) is 13.4 Å². The van der Waals surface area contributed by atoms with Gasteiger partial charge in [0.2, 0.25) is 0 Å². The van der Waals surface area contributed by atoms with E-state index in [0.717, 1.165) is 12.8 Å². The number of sulfone groups is 1. The summed E-state index contributed by atoms with van der Waals surface area (Å²) in [6.45, 7) is 1.81. The number of hydrogen-bond acceptors (Lipinski definition) is 6. The average Bonchev–Trinajstić information content (AvgIpc) is 2.86. The second kappa shape index (κ2) is 7.34. The monoisotopic (exact) mass is 435 g/mol. The minimum atomic E-state index is -3.75. The molecular weight excluding hydrogens is 414 g/mol. The molecule has 2 N–H and O–H groups in total. The van der Waals surface area contributed by atoms with Gasteiger partial charge in [0, 0.05) is 18.0 Å². The van der Waals surface area contributed by atoms with Crippen LogP contribution in [0.2, 0.25) is 5.02 Å². The zero-order valence-corrected chi connectivity index (χ0v) is 17.4. The van der Waals surface area contributed by atoms with E-state index < -0.39 is 26.6 Å². The fourth-order valence-electron chi connectivity index (χ4n) is 4.61. The van der Waals surface area contributed by atoms with Crippen LogP contribution in [0.5, 0.6) is 0 Å². The summed E-state index contributed by atoms with van der Waals surface area (Å²) in [5.74, 6) is -0.306. The Morgan fingerprint density at radius 3 is 2.55 bits per heavy atom. The van der Waals surface area contributed by atoms with Crippen molar-refractivity contribution >= 4 is 33.2 Å². The Hall–Kier alpha value is -2.03. The molecule has 1 aromatic carbocycles. The maximum atomic E-state index is 13.4. The maximum Gasteiger partial charge on any atom is 0.256 e. The van der Waals surface area contributed by atoms with Crippen LogP contribution in [0.3, 0.4) is 0 Å². The summed E-state index contributed by atoms with van der Waals surface area (Å²) in [7, 11) is -3.75. The van der Waals surface area contributed by atoms with E-state index in [1.807, 2.05) is 6.92 Å². The fraction of sp³-hybridized carbons (Fsp3) is 0.450. The third-order valence-electron chi connectivity index (χ3n) is 6.35. The Labute approximate surface area is 174 Å². The first-order valence-electron chi connectivity index (χ1n) is 9.52. The van der Waals surface area contributed by atoms with Crippen molar-refractivity contribution in [3.63, 3.8) is 0 Å². The molecular formula is C20H22ClN3O4S. The topological polar surface area (TPSA) is 109 Å². The lowest BCUT2D eigenvalue weighted by molar-refractivity contribution is -0.0413. The molecule has 0 saturated heterocycles. The molecule has 3 unspecified atom stereocenters. The van der Waals surface area contributed by atoms with Crippen LogP contribution >= 0.6 is 11.6 Å². The molecule has 2 aliphatic carbocycles. The highest BCUT2D eigenvalue weighted by atomic mass is 35.5. The number of aliphatic hydroxyl groups is 1. The molecule has 1 aromatic heterocycles. The molecule has 7 nitrogen and oxygen atoms in total. The van der Waals surface area contributed by atoms with Crippen LogP contribution in [0, 0.1) is 11.8 Å². The van der Waals surface area contributed by atoms with Gasteiger partial charge in [-0.05, 0) is 62.6 Å². The zero-order chi connectivity index (χ0) is 20.8. The van der Waals surface area contributed by atoms with E-state index in [1.165, 1.54) is 36.8 Å². The van der Waals surface area contributed by atoms with Gasteiger partial charge >= 0.3 is 0 Å². The van der Waals surface area contributed by atoms with Gasteiger partial charge in [-0.15, -0.1) is 0 Å². The number of anilines is 1. The highest BCUT2D eigenvalue weighted by Crippen LogP contribution is 2.51. The van der Waals surface area contributed by atoms with Crippen molar-refractivity contribution in [2.45, 2.75) is 48.4 Å². The van der Waals surface area contributed by atoms with Gasteiger partial charge in [0.1, 0.15) is 0 Å². The van der Waals surface area contributed by atoms with Gasteiger partial charge in [-0.2, -0.15) is 0 Å². The molecule has 4 atom stereocenters. The Morgan fingerprint density at radius 1 is 1.24 bits per heavy atom. The third-order valence-corrected chi connectivity index (χ3v) is 9.01. The van der Waals surface area contributed by atoms with Crippen molar-refractivity contribution in [2.24, 2.45) is 11.8 Å². The number of rotatable bonds is 4. The van der Waals surface area contributed by atoms with Crippen molar-refractivity contribution < 1.29 is 18.3 Å². The van der Waals surface area contributed by atoms with Crippen molar-refractivity contribution in [3.05, 3.63) is 47.4 Å². The summed E-state index contributed by atoms with van der Waals surface area (Å²) >= 11 is 6.23. The molecule has 0 spiro atoms. The molecule has 1 amide bonds. The van der Waals surface area contributed by atoms with Crippen molar-refractivity contribution in [1.82, 2.24) is 9.97 Å². The Bertz CT molecular complexity index is 1030. The quantitative estimate of drug-likeness (QED) is 0.763. The van der Waals surface area contributed by atoms with Crippen LogP contribution in [-0.2, 0) is 9.84 Å². The van der Waals surface area contributed by atoms with Gasteiger partial charge in [0.05, 0.1) is 27.0 Å². The van der Waals surface area contributed by atoms with Crippen LogP contribution in [0.1, 0.15) is 43.0 Å². The summed E-state index contributed by atoms with van der Waals surface area (Å²) in [5, 5.41) is 12.7. The van der Waals surface area contributed by atoms with E-state index in [-0.39, 0.29) is 33.1 Å². The molecule has 0 radical (unpaired) electrons. The summed E-state index contributed by atoms with van der Waals surface area (Å²) in [6, 6.07) is 4.22. The lowest BCUT2D eigenvalue weighted by Gasteiger charge is -2.40. The number of nitrogens with zero attached hydrogens (tertiary/aromatic N) is 2. The summed E-state index contributed by atoms with van der Waals surface area (Å²) < 4.78 is 26.7. The second-order valence-electron chi connectivity index (χ2n) is 8.03. The molecule has 2 bridgehead atoms. The smallest absolute Gasteiger partial charge is 0.256 e. The van der Waals surface area contributed by atoms with Gasteiger partial charge in [0.15, 0.2) is 15.7 Å².